The van der Waals surface area contributed by atoms with Crippen LogP contribution in [0.25, 0.3) is 0 Å². The average molecular weight is 711 g/mol. The van der Waals surface area contributed by atoms with Crippen LogP contribution in [0.3, 0.4) is 0 Å². The Morgan fingerprint density at radius 3 is 0.885 bits per heavy atom. The number of carbonyl (C=O) groups is 6. The van der Waals surface area contributed by atoms with Crippen molar-refractivity contribution in [3.8, 4) is 0 Å². The lowest BCUT2D eigenvalue weighted by atomic mass is 10.0. The van der Waals surface area contributed by atoms with E-state index < -0.39 is 71.9 Å². The van der Waals surface area contributed by atoms with Gasteiger partial charge in [0.1, 0.15) is 12.1 Å². The topological polar surface area (TPSA) is 209 Å². The molecule has 0 radical (unpaired) electrons. The van der Waals surface area contributed by atoms with Crippen molar-refractivity contribution in [2.24, 2.45) is 0 Å². The van der Waals surface area contributed by atoms with Crippen molar-refractivity contribution in [1.29, 1.82) is 0 Å². The van der Waals surface area contributed by atoms with Crippen LogP contribution in [0, 0.1) is 0 Å². The molecule has 0 aliphatic rings. The third-order valence-corrected chi connectivity index (χ3v) is 7.91. The Labute approximate surface area is 299 Å². The molecule has 0 saturated carbocycles. The molecule has 270 valence electrons. The van der Waals surface area contributed by atoms with E-state index in [1.54, 1.807) is 97.1 Å². The van der Waals surface area contributed by atoms with E-state index in [-0.39, 0.29) is 11.1 Å². The average Bonchev–Trinajstić information content (AvgIpc) is 3.19. The van der Waals surface area contributed by atoms with Gasteiger partial charge in [0.2, 0.25) is 11.8 Å². The number of rotatable bonds is 15. The maximum absolute atomic E-state index is 13.6. The molecule has 0 unspecified atom stereocenters. The molecule has 4 aromatic carbocycles. The molecule has 52 heavy (non-hydrogen) atoms. The molecule has 0 saturated heterocycles. The van der Waals surface area contributed by atoms with Crippen LogP contribution in [0.5, 0.6) is 0 Å². The summed E-state index contributed by atoms with van der Waals surface area (Å²) in [7, 11) is 2.30. The smallest absolute Gasteiger partial charge is 0.333 e. The molecule has 6 N–H and O–H groups in total. The minimum absolute atomic E-state index is 0.246. The maximum Gasteiger partial charge on any atom is 0.333 e. The highest BCUT2D eigenvalue weighted by Crippen LogP contribution is 2.21. The lowest BCUT2D eigenvalue weighted by Gasteiger charge is -2.26. The van der Waals surface area contributed by atoms with Crippen molar-refractivity contribution < 1.29 is 48.5 Å². The van der Waals surface area contributed by atoms with Crippen molar-refractivity contribution >= 4 is 35.6 Å². The van der Waals surface area contributed by atoms with Gasteiger partial charge >= 0.3 is 11.9 Å². The number of hydrogen-bond donors (Lipinski definition) is 6. The summed E-state index contributed by atoms with van der Waals surface area (Å²) in [5.41, 5.74) is 1.28. The summed E-state index contributed by atoms with van der Waals surface area (Å²) < 4.78 is 9.72. The quantitative estimate of drug-likeness (QED) is 0.0980. The number of carbonyl (C=O) groups excluding carboxylic acids is 6. The summed E-state index contributed by atoms with van der Waals surface area (Å²) in [4.78, 5) is 79.1. The first-order valence-electron chi connectivity index (χ1n) is 16.0. The summed E-state index contributed by atoms with van der Waals surface area (Å²) in [5.74, 6) is -5.96. The van der Waals surface area contributed by atoms with E-state index in [1.165, 1.54) is 24.3 Å². The SMILES string of the molecule is COC(=O)[C@H](NC(=O)[C@H](NC(=O)[C@H](O)[C@@H](O)C(=O)N[C@@H](C(=O)N[C@@H](C(=O)OC)c1ccccc1)c1ccccc1)c1ccccc1)c1ccccc1. The number of amides is 4. The molecular formula is C38H38N4O10. The Morgan fingerprint density at radius 2 is 0.635 bits per heavy atom. The number of ether oxygens (including phenoxy) is 2. The highest BCUT2D eigenvalue weighted by Gasteiger charge is 2.37. The molecule has 0 bridgehead atoms. The standard InChI is InChI=1S/C38H38N4O10/c1-51-37(49)29(25-19-11-5-12-20-25)41-33(45)27(23-15-7-3-8-16-23)39-35(47)31(43)32(44)36(48)40-28(24-17-9-4-10-18-24)34(46)42-30(38(50)52-2)26-21-13-6-14-22-26/h3-22,27-32,43-44H,1-2H3,(H,39,47)(H,40,48)(H,41,45)(H,42,46)/t27-,28-,29-,30-,31-,32-/m1/s1. The van der Waals surface area contributed by atoms with E-state index in [2.05, 4.69) is 21.3 Å². The Morgan fingerprint density at radius 1 is 0.404 bits per heavy atom. The van der Waals surface area contributed by atoms with Gasteiger partial charge in [-0.2, -0.15) is 0 Å². The van der Waals surface area contributed by atoms with Crippen LogP contribution in [-0.2, 0) is 38.2 Å². The third kappa shape index (κ3) is 9.87. The minimum Gasteiger partial charge on any atom is -0.467 e. The fourth-order valence-corrected chi connectivity index (χ4v) is 5.17. The Bertz CT molecular complexity index is 1690. The zero-order valence-electron chi connectivity index (χ0n) is 28.2. The molecule has 0 aliphatic carbocycles. The molecule has 0 fully saturated rings. The van der Waals surface area contributed by atoms with E-state index in [1.807, 2.05) is 0 Å². The van der Waals surface area contributed by atoms with E-state index in [4.69, 9.17) is 9.47 Å². The van der Waals surface area contributed by atoms with E-state index in [0.29, 0.717) is 11.1 Å². The van der Waals surface area contributed by atoms with Crippen LogP contribution in [0.15, 0.2) is 121 Å². The van der Waals surface area contributed by atoms with Crippen molar-refractivity contribution in [3.05, 3.63) is 144 Å². The van der Waals surface area contributed by atoms with E-state index in [0.717, 1.165) is 14.2 Å². The van der Waals surface area contributed by atoms with Crippen LogP contribution in [0.4, 0.5) is 0 Å². The van der Waals surface area contributed by atoms with Crippen LogP contribution in [-0.4, -0.2) is 72.2 Å². The molecular weight excluding hydrogens is 672 g/mol. The Balaban J connectivity index is 1.53. The zero-order chi connectivity index (χ0) is 37.6. The van der Waals surface area contributed by atoms with E-state index >= 15 is 0 Å². The van der Waals surface area contributed by atoms with Gasteiger partial charge in [0.05, 0.1) is 14.2 Å². The lowest BCUT2D eigenvalue weighted by molar-refractivity contribution is -0.149. The first-order chi connectivity index (χ1) is 25.0. The van der Waals surface area contributed by atoms with Crippen LogP contribution in [0.1, 0.15) is 46.4 Å². The fourth-order valence-electron chi connectivity index (χ4n) is 5.17. The summed E-state index contributed by atoms with van der Waals surface area (Å²) in [6.07, 6.45) is -4.87. The number of aliphatic hydroxyl groups is 2. The van der Waals surface area contributed by atoms with Gasteiger partial charge in [0.25, 0.3) is 11.8 Å². The van der Waals surface area contributed by atoms with Gasteiger partial charge in [-0.1, -0.05) is 121 Å². The molecule has 0 aromatic heterocycles. The number of esters is 2. The summed E-state index contributed by atoms with van der Waals surface area (Å²) in [6, 6.07) is 26.6. The molecule has 0 spiro atoms. The van der Waals surface area contributed by atoms with Gasteiger partial charge < -0.3 is 41.0 Å². The van der Waals surface area contributed by atoms with Crippen molar-refractivity contribution in [3.63, 3.8) is 0 Å². The lowest BCUT2D eigenvalue weighted by Crippen LogP contribution is -2.54. The van der Waals surface area contributed by atoms with Gasteiger partial charge in [0, 0.05) is 0 Å². The van der Waals surface area contributed by atoms with Crippen molar-refractivity contribution in [2.45, 2.75) is 36.4 Å². The van der Waals surface area contributed by atoms with Crippen LogP contribution in [0.2, 0.25) is 0 Å². The minimum atomic E-state index is -2.43. The molecule has 6 atom stereocenters. The third-order valence-electron chi connectivity index (χ3n) is 7.91. The normalized spacial score (nSPS) is 14.2. The zero-order valence-corrected chi connectivity index (χ0v) is 28.2. The maximum atomic E-state index is 13.6. The molecule has 4 amide bonds. The number of benzene rings is 4. The molecule has 14 nitrogen and oxygen atoms in total. The van der Waals surface area contributed by atoms with Crippen molar-refractivity contribution in [1.82, 2.24) is 21.3 Å². The van der Waals surface area contributed by atoms with Gasteiger partial charge in [-0.3, -0.25) is 19.2 Å². The molecule has 14 heteroatoms. The molecule has 0 aliphatic heterocycles. The number of hydrogen-bond acceptors (Lipinski definition) is 10. The Hall–Kier alpha value is -6.38. The first-order valence-corrected chi connectivity index (χ1v) is 16.0. The predicted octanol–water partition coefficient (Wildman–Crippen LogP) is 1.48. The van der Waals surface area contributed by atoms with E-state index in [9.17, 15) is 39.0 Å². The van der Waals surface area contributed by atoms with Gasteiger partial charge in [-0.15, -0.1) is 0 Å². The molecule has 4 rings (SSSR count). The second kappa shape index (κ2) is 18.6. The largest absolute Gasteiger partial charge is 0.467 e. The highest BCUT2D eigenvalue weighted by atomic mass is 16.5. The second-order valence-electron chi connectivity index (χ2n) is 11.3. The molecule has 4 aromatic rings. The van der Waals surface area contributed by atoms with Crippen LogP contribution < -0.4 is 21.3 Å². The first kappa shape index (κ1) is 38.4. The number of nitrogens with one attached hydrogen (secondary N) is 4. The van der Waals surface area contributed by atoms with Gasteiger partial charge in [-0.05, 0) is 22.3 Å². The van der Waals surface area contributed by atoms with Gasteiger partial charge in [-0.25, -0.2) is 9.59 Å². The second-order valence-corrected chi connectivity index (χ2v) is 11.3. The summed E-state index contributed by atoms with van der Waals surface area (Å²) in [6.45, 7) is 0. The monoisotopic (exact) mass is 710 g/mol. The fraction of sp³-hybridized carbons (Fsp3) is 0.211. The van der Waals surface area contributed by atoms with Crippen LogP contribution >= 0.6 is 0 Å². The Kier molecular flexibility index (Phi) is 13.7. The highest BCUT2D eigenvalue weighted by molar-refractivity contribution is 5.97. The van der Waals surface area contributed by atoms with Gasteiger partial charge in [0.15, 0.2) is 24.3 Å². The summed E-state index contributed by atoms with van der Waals surface area (Å²) >= 11 is 0. The summed E-state index contributed by atoms with van der Waals surface area (Å²) in [5, 5.41) is 31.5. The number of aliphatic hydroxyl groups excluding tert-OH is 2. The predicted molar refractivity (Wildman–Crippen MR) is 185 cm³/mol. The number of methoxy groups -OCH3 is 2. The van der Waals surface area contributed by atoms with Crippen molar-refractivity contribution in [2.75, 3.05) is 14.2 Å². The molecule has 0 heterocycles.